The minimum atomic E-state index is -1.23. The fourth-order valence-electron chi connectivity index (χ4n) is 4.67. The van der Waals surface area contributed by atoms with Gasteiger partial charge in [0.15, 0.2) is 0 Å². The van der Waals surface area contributed by atoms with Gasteiger partial charge in [-0.1, -0.05) is 54.6 Å². The molecule has 1 aliphatic rings. The van der Waals surface area contributed by atoms with Crippen LogP contribution in [0.3, 0.4) is 0 Å². The van der Waals surface area contributed by atoms with E-state index in [9.17, 15) is 4.79 Å². The van der Waals surface area contributed by atoms with Crippen molar-refractivity contribution < 1.29 is 9.90 Å². The molecule has 1 aliphatic carbocycles. The molecule has 0 spiro atoms. The molecule has 5 nitrogen and oxygen atoms in total. The van der Waals surface area contributed by atoms with E-state index in [4.69, 9.17) is 15.4 Å². The molecule has 0 fully saturated rings. The van der Waals surface area contributed by atoms with Crippen molar-refractivity contribution in [1.82, 2.24) is 9.55 Å². The number of rotatable bonds is 7. The maximum Gasteiger partial charge on any atom is 0.346 e. The Kier molecular flexibility index (Phi) is 7.11. The van der Waals surface area contributed by atoms with E-state index < -0.39 is 5.97 Å². The van der Waals surface area contributed by atoms with Gasteiger partial charge >= 0.3 is 5.97 Å². The van der Waals surface area contributed by atoms with Crippen LogP contribution in [0.4, 0.5) is 0 Å². The average molecular weight is 558 g/mol. The van der Waals surface area contributed by atoms with Crippen LogP contribution >= 0.6 is 22.7 Å². The van der Waals surface area contributed by atoms with Crippen molar-refractivity contribution in [2.75, 3.05) is 0 Å². The van der Waals surface area contributed by atoms with Gasteiger partial charge in [0.2, 0.25) is 0 Å². The number of hydrogen-bond donors (Lipinski definition) is 1. The number of nitriles is 1. The summed E-state index contributed by atoms with van der Waals surface area (Å²) in [5.74, 6) is -0.267. The lowest BCUT2D eigenvalue weighted by molar-refractivity contribution is -0.132. The number of carboxylic acids is 1. The Morgan fingerprint density at radius 2 is 1.70 bits per heavy atom. The van der Waals surface area contributed by atoms with Gasteiger partial charge in [-0.3, -0.25) is 4.57 Å². The minimum Gasteiger partial charge on any atom is -0.477 e. The van der Waals surface area contributed by atoms with Crippen LogP contribution in [-0.2, 0) is 4.79 Å². The Morgan fingerprint density at radius 3 is 2.48 bits per heavy atom. The summed E-state index contributed by atoms with van der Waals surface area (Å²) in [6.07, 6.45) is 13.3. The maximum atomic E-state index is 11.0. The fourth-order valence-corrected chi connectivity index (χ4v) is 6.69. The topological polar surface area (TPSA) is 78.9 Å². The van der Waals surface area contributed by atoms with Gasteiger partial charge in [0.25, 0.3) is 0 Å². The highest BCUT2D eigenvalue weighted by molar-refractivity contribution is 7.24. The molecule has 3 heterocycles. The van der Waals surface area contributed by atoms with Gasteiger partial charge in [-0.2, -0.15) is 5.26 Å². The molecule has 6 rings (SSSR count). The van der Waals surface area contributed by atoms with Crippen molar-refractivity contribution in [1.29, 1.82) is 5.26 Å². The first-order valence-corrected chi connectivity index (χ1v) is 14.4. The van der Waals surface area contributed by atoms with E-state index in [1.54, 1.807) is 34.8 Å². The zero-order valence-corrected chi connectivity index (χ0v) is 23.0. The second-order valence-corrected chi connectivity index (χ2v) is 11.4. The standard InChI is InChI=1S/C33H23N3O2S2/c34-21-24(33(37)38)7-6-10-26-17-18-30(39-26)31-20-19-29(40-31)22-13-15-23(16-14-22)32-35-27-11-4-5-12-28(27)36(32)25-8-2-1-3-9-25/h1-2,4-8,10-20H,3,9H2,(H,37,38)/b10-6+,24-7-. The van der Waals surface area contributed by atoms with Crippen LogP contribution in [0.5, 0.6) is 0 Å². The molecule has 2 aromatic carbocycles. The summed E-state index contributed by atoms with van der Waals surface area (Å²) in [4.78, 5) is 20.4. The summed E-state index contributed by atoms with van der Waals surface area (Å²) in [7, 11) is 0. The third-order valence-corrected chi connectivity index (χ3v) is 9.00. The molecule has 40 heavy (non-hydrogen) atoms. The molecular formula is C33H23N3O2S2. The summed E-state index contributed by atoms with van der Waals surface area (Å²) < 4.78 is 2.29. The molecule has 0 amide bonds. The third kappa shape index (κ3) is 5.10. The molecular weight excluding hydrogens is 535 g/mol. The quantitative estimate of drug-likeness (QED) is 0.123. The van der Waals surface area contributed by atoms with Gasteiger partial charge in [0.1, 0.15) is 17.5 Å². The SMILES string of the molecule is N#C/C(=C/C=C/c1ccc(-c2ccc(-c3ccc(-c4nc5ccccc5n4C4=CC=CCC4)cc3)s2)s1)C(=O)O. The highest BCUT2D eigenvalue weighted by Gasteiger charge is 2.16. The highest BCUT2D eigenvalue weighted by atomic mass is 32.1. The van der Waals surface area contributed by atoms with Crippen LogP contribution in [0.1, 0.15) is 17.7 Å². The zero-order chi connectivity index (χ0) is 27.5. The number of aromatic nitrogens is 2. The molecule has 0 unspecified atom stereocenters. The van der Waals surface area contributed by atoms with Gasteiger partial charge in [0.05, 0.1) is 11.0 Å². The lowest BCUT2D eigenvalue weighted by Gasteiger charge is -2.15. The van der Waals surface area contributed by atoms with Crippen molar-refractivity contribution >= 4 is 51.4 Å². The number of imidazole rings is 1. The van der Waals surface area contributed by atoms with E-state index in [0.29, 0.717) is 0 Å². The van der Waals surface area contributed by atoms with Gasteiger partial charge in [-0.15, -0.1) is 22.7 Å². The maximum absolute atomic E-state index is 11.0. The van der Waals surface area contributed by atoms with E-state index in [1.165, 1.54) is 21.5 Å². The first kappa shape index (κ1) is 25.5. The van der Waals surface area contributed by atoms with Crippen LogP contribution in [0, 0.1) is 11.3 Å². The van der Waals surface area contributed by atoms with Crippen LogP contribution in [0.2, 0.25) is 0 Å². The number of hydrogen-bond acceptors (Lipinski definition) is 5. The molecule has 0 atom stereocenters. The molecule has 0 saturated heterocycles. The Labute approximate surface area is 239 Å². The van der Waals surface area contributed by atoms with Gasteiger partial charge < -0.3 is 5.11 Å². The summed E-state index contributed by atoms with van der Waals surface area (Å²) >= 11 is 3.36. The Bertz CT molecular complexity index is 1890. The van der Waals surface area contributed by atoms with E-state index in [2.05, 4.69) is 83.5 Å². The van der Waals surface area contributed by atoms with Crippen molar-refractivity contribution in [2.45, 2.75) is 12.8 Å². The number of benzene rings is 2. The highest BCUT2D eigenvalue weighted by Crippen LogP contribution is 2.39. The molecule has 7 heteroatoms. The Balaban J connectivity index is 1.25. The monoisotopic (exact) mass is 557 g/mol. The number of carboxylic acid groups (broad SMARTS) is 1. The molecule has 0 aliphatic heterocycles. The number of thiophene rings is 2. The molecule has 0 bridgehead atoms. The summed E-state index contributed by atoms with van der Waals surface area (Å²) in [6, 6.07) is 26.9. The van der Waals surface area contributed by atoms with E-state index >= 15 is 0 Å². The molecule has 194 valence electrons. The second kappa shape index (κ2) is 11.1. The third-order valence-electron chi connectivity index (χ3n) is 6.62. The zero-order valence-electron chi connectivity index (χ0n) is 21.3. The predicted molar refractivity (Wildman–Crippen MR) is 165 cm³/mol. The number of carbonyl (C=O) groups is 1. The van der Waals surface area contributed by atoms with E-state index in [0.717, 1.165) is 50.6 Å². The summed E-state index contributed by atoms with van der Waals surface area (Å²) in [6.45, 7) is 0. The lowest BCUT2D eigenvalue weighted by Crippen LogP contribution is -2.01. The van der Waals surface area contributed by atoms with Gasteiger partial charge in [-0.25, -0.2) is 9.78 Å². The average Bonchev–Trinajstić information content (AvgIpc) is 3.74. The van der Waals surface area contributed by atoms with Crippen molar-refractivity contribution in [2.24, 2.45) is 0 Å². The van der Waals surface area contributed by atoms with Gasteiger partial charge in [-0.05, 0) is 73.0 Å². The molecule has 5 aromatic rings. The number of nitrogens with zero attached hydrogens (tertiary/aromatic N) is 3. The minimum absolute atomic E-state index is 0.289. The Hall–Kier alpha value is -4.77. The second-order valence-electron chi connectivity index (χ2n) is 9.18. The van der Waals surface area contributed by atoms with E-state index in [-0.39, 0.29) is 5.57 Å². The van der Waals surface area contributed by atoms with Crippen molar-refractivity contribution in [3.63, 3.8) is 0 Å². The van der Waals surface area contributed by atoms with Crippen LogP contribution in [0.15, 0.2) is 109 Å². The van der Waals surface area contributed by atoms with Crippen LogP contribution in [-0.4, -0.2) is 20.6 Å². The number of para-hydroxylation sites is 2. The number of aliphatic carboxylic acids is 1. The molecule has 1 N–H and O–H groups in total. The van der Waals surface area contributed by atoms with Gasteiger partial charge in [0, 0.05) is 30.8 Å². The Morgan fingerprint density at radius 1 is 0.950 bits per heavy atom. The smallest absolute Gasteiger partial charge is 0.346 e. The first-order valence-electron chi connectivity index (χ1n) is 12.8. The predicted octanol–water partition coefficient (Wildman–Crippen LogP) is 8.90. The lowest BCUT2D eigenvalue weighted by atomic mass is 10.1. The first-order chi connectivity index (χ1) is 19.6. The normalized spacial score (nSPS) is 13.6. The largest absolute Gasteiger partial charge is 0.477 e. The summed E-state index contributed by atoms with van der Waals surface area (Å²) in [5, 5.41) is 17.8. The summed E-state index contributed by atoms with van der Waals surface area (Å²) in [5.41, 5.74) is 5.32. The number of allylic oxidation sites excluding steroid dienone is 6. The molecule has 0 saturated carbocycles. The molecule has 3 aromatic heterocycles. The van der Waals surface area contributed by atoms with Crippen molar-refractivity contribution in [3.05, 3.63) is 114 Å². The fraction of sp³-hybridized carbons (Fsp3) is 0.0606. The van der Waals surface area contributed by atoms with Crippen LogP contribution in [0.25, 0.3) is 54.4 Å². The van der Waals surface area contributed by atoms with Crippen LogP contribution < -0.4 is 0 Å². The van der Waals surface area contributed by atoms with E-state index in [1.807, 2.05) is 18.2 Å². The number of fused-ring (bicyclic) bond motifs is 1. The van der Waals surface area contributed by atoms with Crippen molar-refractivity contribution in [3.8, 4) is 37.7 Å². The molecule has 0 radical (unpaired) electrons.